The van der Waals surface area contributed by atoms with Crippen LogP contribution in [0.1, 0.15) is 41.6 Å². The fourth-order valence-corrected chi connectivity index (χ4v) is 3.45. The van der Waals surface area contributed by atoms with Gasteiger partial charge in [0.1, 0.15) is 0 Å². The molecule has 4 nitrogen and oxygen atoms in total. The lowest BCUT2D eigenvalue weighted by atomic mass is 10.0. The summed E-state index contributed by atoms with van der Waals surface area (Å²) >= 11 is 0. The van der Waals surface area contributed by atoms with Crippen molar-refractivity contribution >= 4 is 11.9 Å². The smallest absolute Gasteiger partial charge is 0.335 e. The van der Waals surface area contributed by atoms with Crippen molar-refractivity contribution in [2.75, 3.05) is 0 Å². The lowest BCUT2D eigenvalue weighted by Crippen LogP contribution is -2.25. The molecule has 3 rings (SSSR count). The van der Waals surface area contributed by atoms with Gasteiger partial charge in [-0.1, -0.05) is 25.0 Å². The van der Waals surface area contributed by atoms with Crippen LogP contribution in [0.15, 0.2) is 24.3 Å². The second kappa shape index (κ2) is 5.27. The summed E-state index contributed by atoms with van der Waals surface area (Å²) in [6.07, 6.45) is 4.94. The molecule has 0 bridgehead atoms. The van der Waals surface area contributed by atoms with Gasteiger partial charge in [-0.05, 0) is 42.4 Å². The van der Waals surface area contributed by atoms with Crippen LogP contribution in [0, 0.1) is 17.8 Å². The largest absolute Gasteiger partial charge is 0.478 e. The van der Waals surface area contributed by atoms with Crippen molar-refractivity contribution in [1.29, 1.82) is 0 Å². The number of amides is 1. The van der Waals surface area contributed by atoms with Gasteiger partial charge in [0, 0.05) is 12.5 Å². The monoisotopic (exact) mass is 273 g/mol. The zero-order valence-corrected chi connectivity index (χ0v) is 11.3. The van der Waals surface area contributed by atoms with E-state index >= 15 is 0 Å². The quantitative estimate of drug-likeness (QED) is 0.885. The van der Waals surface area contributed by atoms with Crippen molar-refractivity contribution in [3.8, 4) is 0 Å². The number of carbonyl (C=O) groups excluding carboxylic acids is 1. The Bertz CT molecular complexity index is 511. The Morgan fingerprint density at radius 3 is 2.25 bits per heavy atom. The zero-order chi connectivity index (χ0) is 14.1. The number of rotatable bonds is 4. The summed E-state index contributed by atoms with van der Waals surface area (Å²) in [5, 5.41) is 11.8. The first-order valence-corrected chi connectivity index (χ1v) is 7.27. The molecule has 0 radical (unpaired) electrons. The van der Waals surface area contributed by atoms with E-state index in [1.807, 2.05) is 0 Å². The summed E-state index contributed by atoms with van der Waals surface area (Å²) in [5.41, 5.74) is 1.21. The minimum absolute atomic E-state index is 0.171. The van der Waals surface area contributed by atoms with Gasteiger partial charge in [-0.3, -0.25) is 4.79 Å². The summed E-state index contributed by atoms with van der Waals surface area (Å²) in [4.78, 5) is 22.9. The molecule has 0 saturated heterocycles. The molecule has 0 heterocycles. The number of aromatic carboxylic acids is 1. The number of carbonyl (C=O) groups is 2. The number of nitrogens with one attached hydrogen (secondary N) is 1. The van der Waals surface area contributed by atoms with Crippen LogP contribution < -0.4 is 5.32 Å². The number of benzene rings is 1. The molecule has 2 saturated carbocycles. The Hall–Kier alpha value is -1.84. The Morgan fingerprint density at radius 2 is 1.70 bits per heavy atom. The molecule has 106 valence electrons. The van der Waals surface area contributed by atoms with E-state index in [9.17, 15) is 9.59 Å². The summed E-state index contributed by atoms with van der Waals surface area (Å²) < 4.78 is 0. The predicted octanol–water partition coefficient (Wildman–Crippen LogP) is 2.44. The van der Waals surface area contributed by atoms with E-state index in [1.54, 1.807) is 24.3 Å². The lowest BCUT2D eigenvalue weighted by Gasteiger charge is -2.05. The Kier molecular flexibility index (Phi) is 3.47. The van der Waals surface area contributed by atoms with Crippen LogP contribution in [-0.2, 0) is 11.3 Å². The number of carboxylic acid groups (broad SMARTS) is 1. The Balaban J connectivity index is 1.52. The molecule has 4 heteroatoms. The highest BCUT2D eigenvalue weighted by Gasteiger charge is 2.54. The molecule has 2 unspecified atom stereocenters. The second-order valence-electron chi connectivity index (χ2n) is 5.86. The van der Waals surface area contributed by atoms with Crippen LogP contribution in [0.4, 0.5) is 0 Å². The van der Waals surface area contributed by atoms with Crippen LogP contribution in [0.2, 0.25) is 0 Å². The second-order valence-corrected chi connectivity index (χ2v) is 5.86. The molecule has 0 spiro atoms. The van der Waals surface area contributed by atoms with Crippen LogP contribution >= 0.6 is 0 Å². The molecular weight excluding hydrogens is 254 g/mol. The standard InChI is InChI=1S/C16H19NO3/c18-15(14-12-3-1-2-4-13(12)14)17-9-10-5-7-11(8-6-10)16(19)20/h5-8,12-14H,1-4,9H2,(H,17,18)(H,19,20). The Labute approximate surface area is 118 Å². The van der Waals surface area contributed by atoms with Crippen LogP contribution in [0.25, 0.3) is 0 Å². The fourth-order valence-electron chi connectivity index (χ4n) is 3.45. The fraction of sp³-hybridized carbons (Fsp3) is 0.500. The van der Waals surface area contributed by atoms with E-state index < -0.39 is 5.97 Å². The molecule has 2 N–H and O–H groups in total. The summed E-state index contributed by atoms with van der Waals surface area (Å²) in [6, 6.07) is 6.65. The minimum atomic E-state index is -0.928. The van der Waals surface area contributed by atoms with Gasteiger partial charge in [-0.25, -0.2) is 4.79 Å². The zero-order valence-electron chi connectivity index (χ0n) is 11.3. The molecule has 2 aliphatic carbocycles. The van der Waals surface area contributed by atoms with Gasteiger partial charge in [0.2, 0.25) is 5.91 Å². The van der Waals surface area contributed by atoms with E-state index in [0.717, 1.165) is 5.56 Å². The maximum absolute atomic E-state index is 12.1. The van der Waals surface area contributed by atoms with E-state index in [2.05, 4.69) is 5.32 Å². The molecule has 2 atom stereocenters. The molecule has 0 aliphatic heterocycles. The van der Waals surface area contributed by atoms with E-state index in [0.29, 0.717) is 18.4 Å². The third-order valence-corrected chi connectivity index (χ3v) is 4.63. The molecule has 1 aromatic rings. The molecular formula is C16H19NO3. The Morgan fingerprint density at radius 1 is 1.10 bits per heavy atom. The van der Waals surface area contributed by atoms with Gasteiger partial charge >= 0.3 is 5.97 Å². The van der Waals surface area contributed by atoms with E-state index in [4.69, 9.17) is 5.11 Å². The number of carboxylic acids is 1. The van der Waals surface area contributed by atoms with Crippen LogP contribution in [-0.4, -0.2) is 17.0 Å². The number of hydrogen-bond donors (Lipinski definition) is 2. The minimum Gasteiger partial charge on any atom is -0.478 e. The van der Waals surface area contributed by atoms with Gasteiger partial charge in [0.15, 0.2) is 0 Å². The maximum Gasteiger partial charge on any atom is 0.335 e. The van der Waals surface area contributed by atoms with E-state index in [1.165, 1.54) is 25.7 Å². The summed E-state index contributed by atoms with van der Waals surface area (Å²) in [7, 11) is 0. The molecule has 1 amide bonds. The van der Waals surface area contributed by atoms with Crippen LogP contribution in [0.5, 0.6) is 0 Å². The lowest BCUT2D eigenvalue weighted by molar-refractivity contribution is -0.123. The van der Waals surface area contributed by atoms with Crippen molar-refractivity contribution in [2.45, 2.75) is 32.2 Å². The first kappa shape index (κ1) is 13.2. The van der Waals surface area contributed by atoms with Crippen molar-refractivity contribution in [1.82, 2.24) is 5.32 Å². The molecule has 20 heavy (non-hydrogen) atoms. The summed E-state index contributed by atoms with van der Waals surface area (Å²) in [6.45, 7) is 0.481. The van der Waals surface area contributed by atoms with Gasteiger partial charge in [-0.2, -0.15) is 0 Å². The SMILES string of the molecule is O=C(O)c1ccc(CNC(=O)C2C3CCCCC32)cc1. The van der Waals surface area contributed by atoms with Crippen molar-refractivity contribution in [3.05, 3.63) is 35.4 Å². The molecule has 2 aliphatic rings. The average molecular weight is 273 g/mol. The van der Waals surface area contributed by atoms with Gasteiger partial charge in [0.25, 0.3) is 0 Å². The highest BCUT2D eigenvalue weighted by molar-refractivity contribution is 5.87. The third kappa shape index (κ3) is 2.55. The van der Waals surface area contributed by atoms with E-state index in [-0.39, 0.29) is 17.4 Å². The first-order valence-electron chi connectivity index (χ1n) is 7.27. The number of fused-ring (bicyclic) bond motifs is 1. The maximum atomic E-state index is 12.1. The molecule has 0 aromatic heterocycles. The number of hydrogen-bond acceptors (Lipinski definition) is 2. The average Bonchev–Trinajstić information content (AvgIpc) is 3.19. The highest BCUT2D eigenvalue weighted by atomic mass is 16.4. The highest BCUT2D eigenvalue weighted by Crippen LogP contribution is 2.55. The predicted molar refractivity (Wildman–Crippen MR) is 74.2 cm³/mol. The van der Waals surface area contributed by atoms with Crippen LogP contribution in [0.3, 0.4) is 0 Å². The van der Waals surface area contributed by atoms with Crippen molar-refractivity contribution in [3.63, 3.8) is 0 Å². The molecule has 1 aromatic carbocycles. The topological polar surface area (TPSA) is 66.4 Å². The van der Waals surface area contributed by atoms with Crippen molar-refractivity contribution < 1.29 is 14.7 Å². The van der Waals surface area contributed by atoms with Gasteiger partial charge in [-0.15, -0.1) is 0 Å². The van der Waals surface area contributed by atoms with Crippen molar-refractivity contribution in [2.24, 2.45) is 17.8 Å². The summed E-state index contributed by atoms with van der Waals surface area (Å²) in [5.74, 6) is 0.721. The molecule has 2 fully saturated rings. The third-order valence-electron chi connectivity index (χ3n) is 4.63. The van der Waals surface area contributed by atoms with Gasteiger partial charge in [0.05, 0.1) is 5.56 Å². The van der Waals surface area contributed by atoms with Gasteiger partial charge < -0.3 is 10.4 Å². The normalized spacial score (nSPS) is 27.5. The first-order chi connectivity index (χ1) is 9.66.